The molecule has 3 rings (SSSR count). The molecule has 1 aromatic rings. The highest BCUT2D eigenvalue weighted by Gasteiger charge is 2.38. The van der Waals surface area contributed by atoms with E-state index in [2.05, 4.69) is 27.0 Å². The zero-order chi connectivity index (χ0) is 13.8. The third kappa shape index (κ3) is 3.51. The van der Waals surface area contributed by atoms with Crippen LogP contribution < -0.4 is 5.32 Å². The Labute approximate surface area is 125 Å². The third-order valence-electron chi connectivity index (χ3n) is 4.30. The first-order chi connectivity index (χ1) is 9.76. The molecule has 1 atom stereocenters. The molecule has 2 saturated heterocycles. The number of nitrogens with zero attached hydrogens (tertiary/aromatic N) is 2. The van der Waals surface area contributed by atoms with Crippen molar-refractivity contribution in [1.82, 2.24) is 15.3 Å². The van der Waals surface area contributed by atoms with E-state index in [0.29, 0.717) is 6.04 Å². The predicted molar refractivity (Wildman–Crippen MR) is 81.9 cm³/mol. The fourth-order valence-corrected chi connectivity index (χ4v) is 4.38. The molecule has 0 radical (unpaired) electrons. The maximum atomic E-state index is 6.13. The number of aromatic nitrogens is 2. The quantitative estimate of drug-likeness (QED) is 0.927. The molecule has 5 heteroatoms. The summed E-state index contributed by atoms with van der Waals surface area (Å²) in [7, 11) is 0. The fourth-order valence-electron chi connectivity index (χ4n) is 3.15. The lowest BCUT2D eigenvalue weighted by molar-refractivity contribution is -0.0933. The van der Waals surface area contributed by atoms with E-state index < -0.39 is 0 Å². The molecule has 110 valence electrons. The molecule has 2 fully saturated rings. The Kier molecular flexibility index (Phi) is 4.58. The smallest absolute Gasteiger partial charge is 0.125 e. The lowest BCUT2D eigenvalue weighted by atomic mass is 9.85. The van der Waals surface area contributed by atoms with Gasteiger partial charge in [0.25, 0.3) is 0 Å². The number of nitrogens with one attached hydrogen (secondary N) is 1. The normalized spacial score (nSPS) is 25.8. The van der Waals surface area contributed by atoms with E-state index in [0.717, 1.165) is 37.5 Å². The molecule has 1 aromatic heterocycles. The standard InChI is InChI=1S/C15H23N3OS/c1-12-16-6-2-14(18-12)11-17-13-3-7-19-15(10-13)4-8-20-9-5-15/h2,6,13,17H,3-5,7-11H2,1H3. The summed E-state index contributed by atoms with van der Waals surface area (Å²) in [5.74, 6) is 3.34. The van der Waals surface area contributed by atoms with E-state index in [1.165, 1.54) is 24.3 Å². The summed E-state index contributed by atoms with van der Waals surface area (Å²) >= 11 is 2.06. The highest BCUT2D eigenvalue weighted by Crippen LogP contribution is 2.37. The van der Waals surface area contributed by atoms with Gasteiger partial charge in [0.05, 0.1) is 11.3 Å². The van der Waals surface area contributed by atoms with Gasteiger partial charge in [-0.1, -0.05) is 0 Å². The summed E-state index contributed by atoms with van der Waals surface area (Å²) in [6.45, 7) is 3.66. The van der Waals surface area contributed by atoms with Crippen molar-refractivity contribution < 1.29 is 4.74 Å². The first-order valence-electron chi connectivity index (χ1n) is 7.49. The second-order valence-electron chi connectivity index (χ2n) is 5.81. The summed E-state index contributed by atoms with van der Waals surface area (Å²) < 4.78 is 6.13. The Morgan fingerprint density at radius 3 is 3.10 bits per heavy atom. The van der Waals surface area contributed by atoms with Gasteiger partial charge < -0.3 is 10.1 Å². The summed E-state index contributed by atoms with van der Waals surface area (Å²) in [6, 6.07) is 2.55. The van der Waals surface area contributed by atoms with Gasteiger partial charge in [-0.3, -0.25) is 0 Å². The van der Waals surface area contributed by atoms with Crippen molar-refractivity contribution in [1.29, 1.82) is 0 Å². The number of hydrogen-bond acceptors (Lipinski definition) is 5. The Hall–Kier alpha value is -0.650. The molecule has 20 heavy (non-hydrogen) atoms. The highest BCUT2D eigenvalue weighted by molar-refractivity contribution is 7.99. The number of thioether (sulfide) groups is 1. The van der Waals surface area contributed by atoms with Gasteiger partial charge in [0.1, 0.15) is 5.82 Å². The minimum absolute atomic E-state index is 0.156. The van der Waals surface area contributed by atoms with Crippen LogP contribution in [0.4, 0.5) is 0 Å². The van der Waals surface area contributed by atoms with Crippen LogP contribution in [0.5, 0.6) is 0 Å². The monoisotopic (exact) mass is 293 g/mol. The van der Waals surface area contributed by atoms with Crippen molar-refractivity contribution in [3.8, 4) is 0 Å². The van der Waals surface area contributed by atoms with Crippen LogP contribution in [0.1, 0.15) is 37.2 Å². The molecule has 4 nitrogen and oxygen atoms in total. The number of hydrogen-bond donors (Lipinski definition) is 1. The van der Waals surface area contributed by atoms with Crippen molar-refractivity contribution >= 4 is 11.8 Å². The van der Waals surface area contributed by atoms with Gasteiger partial charge in [-0.05, 0) is 50.2 Å². The van der Waals surface area contributed by atoms with E-state index in [4.69, 9.17) is 4.74 Å². The van der Waals surface area contributed by atoms with E-state index in [9.17, 15) is 0 Å². The van der Waals surface area contributed by atoms with Crippen molar-refractivity contribution in [2.45, 2.75) is 50.8 Å². The summed E-state index contributed by atoms with van der Waals surface area (Å²) in [5.41, 5.74) is 1.24. The SMILES string of the molecule is Cc1nccc(CNC2CCOC3(CCSCC3)C2)n1. The number of rotatable bonds is 3. The molecular weight excluding hydrogens is 270 g/mol. The summed E-state index contributed by atoms with van der Waals surface area (Å²) in [4.78, 5) is 8.60. The van der Waals surface area contributed by atoms with Gasteiger partial charge in [0.15, 0.2) is 0 Å². The minimum Gasteiger partial charge on any atom is -0.375 e. The molecule has 0 aliphatic carbocycles. The van der Waals surface area contributed by atoms with Crippen LogP contribution in [0.15, 0.2) is 12.3 Å². The van der Waals surface area contributed by atoms with Gasteiger partial charge in [-0.15, -0.1) is 0 Å². The van der Waals surface area contributed by atoms with Crippen LogP contribution in [-0.4, -0.2) is 39.7 Å². The van der Waals surface area contributed by atoms with Crippen molar-refractivity contribution in [2.75, 3.05) is 18.1 Å². The average molecular weight is 293 g/mol. The molecule has 1 unspecified atom stereocenters. The molecule has 0 amide bonds. The zero-order valence-corrected chi connectivity index (χ0v) is 12.9. The highest BCUT2D eigenvalue weighted by atomic mass is 32.2. The van der Waals surface area contributed by atoms with Crippen molar-refractivity contribution in [2.24, 2.45) is 0 Å². The lowest BCUT2D eigenvalue weighted by Gasteiger charge is -2.43. The second kappa shape index (κ2) is 6.41. The van der Waals surface area contributed by atoms with Gasteiger partial charge >= 0.3 is 0 Å². The summed E-state index contributed by atoms with van der Waals surface area (Å²) in [6.07, 6.45) is 6.52. The van der Waals surface area contributed by atoms with Crippen molar-refractivity contribution in [3.05, 3.63) is 23.8 Å². The van der Waals surface area contributed by atoms with Crippen LogP contribution in [0.2, 0.25) is 0 Å². The maximum Gasteiger partial charge on any atom is 0.125 e. The molecule has 1 N–H and O–H groups in total. The third-order valence-corrected chi connectivity index (χ3v) is 5.29. The fraction of sp³-hybridized carbons (Fsp3) is 0.733. The number of aryl methyl sites for hydroxylation is 1. The Morgan fingerprint density at radius 2 is 2.30 bits per heavy atom. The first-order valence-corrected chi connectivity index (χ1v) is 8.65. The Morgan fingerprint density at radius 1 is 1.45 bits per heavy atom. The summed E-state index contributed by atoms with van der Waals surface area (Å²) in [5, 5.41) is 3.66. The van der Waals surface area contributed by atoms with Gasteiger partial charge in [-0.2, -0.15) is 11.8 Å². The van der Waals surface area contributed by atoms with E-state index >= 15 is 0 Å². The minimum atomic E-state index is 0.156. The second-order valence-corrected chi connectivity index (χ2v) is 7.03. The average Bonchev–Trinajstić information content (AvgIpc) is 2.46. The lowest BCUT2D eigenvalue weighted by Crippen LogP contribution is -2.48. The molecule has 1 spiro atoms. The Balaban J connectivity index is 1.55. The van der Waals surface area contributed by atoms with E-state index in [1.807, 2.05) is 19.2 Å². The molecule has 2 aliphatic heterocycles. The van der Waals surface area contributed by atoms with Crippen LogP contribution in [-0.2, 0) is 11.3 Å². The van der Waals surface area contributed by atoms with Crippen LogP contribution in [0, 0.1) is 6.92 Å². The molecule has 2 aliphatic rings. The molecule has 0 aromatic carbocycles. The van der Waals surface area contributed by atoms with Gasteiger partial charge in [-0.25, -0.2) is 9.97 Å². The molecular formula is C15H23N3OS. The molecule has 0 saturated carbocycles. The number of ether oxygens (including phenoxy) is 1. The molecule has 0 bridgehead atoms. The van der Waals surface area contributed by atoms with Crippen LogP contribution in [0.25, 0.3) is 0 Å². The first kappa shape index (κ1) is 14.3. The largest absolute Gasteiger partial charge is 0.375 e. The predicted octanol–water partition coefficient (Wildman–Crippen LogP) is 2.32. The van der Waals surface area contributed by atoms with Crippen LogP contribution >= 0.6 is 11.8 Å². The van der Waals surface area contributed by atoms with Crippen molar-refractivity contribution in [3.63, 3.8) is 0 Å². The van der Waals surface area contributed by atoms with E-state index in [-0.39, 0.29) is 5.60 Å². The van der Waals surface area contributed by atoms with E-state index in [1.54, 1.807) is 0 Å². The zero-order valence-electron chi connectivity index (χ0n) is 12.1. The maximum absolute atomic E-state index is 6.13. The molecule has 3 heterocycles. The Bertz CT molecular complexity index is 443. The van der Waals surface area contributed by atoms with Gasteiger partial charge in [0.2, 0.25) is 0 Å². The van der Waals surface area contributed by atoms with Gasteiger partial charge in [0, 0.05) is 25.4 Å². The van der Waals surface area contributed by atoms with Crippen LogP contribution in [0.3, 0.4) is 0 Å². The topological polar surface area (TPSA) is 47.0 Å².